The number of anilines is 3. The molecule has 2 aromatic rings. The van der Waals surface area contributed by atoms with E-state index in [4.69, 9.17) is 10.00 Å². The van der Waals surface area contributed by atoms with Crippen LogP contribution in [-0.2, 0) is 9.53 Å². The summed E-state index contributed by atoms with van der Waals surface area (Å²) in [4.78, 5) is 18.1. The lowest BCUT2D eigenvalue weighted by Crippen LogP contribution is -2.42. The summed E-state index contributed by atoms with van der Waals surface area (Å²) in [5.74, 6) is 0.195. The highest BCUT2D eigenvalue weighted by Gasteiger charge is 2.25. The van der Waals surface area contributed by atoms with Crippen molar-refractivity contribution in [3.8, 4) is 6.07 Å². The summed E-state index contributed by atoms with van der Waals surface area (Å²) in [6.07, 6.45) is 3.56. The number of nitriles is 1. The second-order valence-electron chi connectivity index (χ2n) is 8.83. The number of pyridine rings is 1. The van der Waals surface area contributed by atoms with Gasteiger partial charge in [-0.3, -0.25) is 4.79 Å². The molecule has 0 bridgehead atoms. The first-order valence-electron chi connectivity index (χ1n) is 11.2. The van der Waals surface area contributed by atoms with Crippen molar-refractivity contribution >= 4 is 23.2 Å². The minimum Gasteiger partial charge on any atom is -0.481 e. The van der Waals surface area contributed by atoms with Crippen LogP contribution in [0.5, 0.6) is 0 Å². The van der Waals surface area contributed by atoms with Gasteiger partial charge in [-0.05, 0) is 54.5 Å². The van der Waals surface area contributed by atoms with Crippen molar-refractivity contribution < 1.29 is 14.6 Å². The number of aliphatic carboxylic acids is 1. The van der Waals surface area contributed by atoms with E-state index in [2.05, 4.69) is 41.2 Å². The van der Waals surface area contributed by atoms with Gasteiger partial charge in [0, 0.05) is 32.0 Å². The highest BCUT2D eigenvalue weighted by molar-refractivity contribution is 5.76. The number of aromatic nitrogens is 1. The van der Waals surface area contributed by atoms with Crippen molar-refractivity contribution in [2.45, 2.75) is 52.0 Å². The fourth-order valence-electron chi connectivity index (χ4n) is 4.10. The second kappa shape index (κ2) is 11.0. The summed E-state index contributed by atoms with van der Waals surface area (Å²) in [7, 11) is 0. The van der Waals surface area contributed by atoms with E-state index in [-0.39, 0.29) is 12.3 Å². The standard InChI is InChI=1S/C25H32N4O3/c1-17(2)16-29(21-8-10-32-11-9-21)23-6-5-20(18(3)12-25(30)31)13-22(23)28-24-7-4-19(14-26)15-27-24/h4-7,13,15,17-18,21H,8-12,16H2,1-3H3,(H,27,28)(H,30,31). The zero-order valence-corrected chi connectivity index (χ0v) is 19.0. The topological polar surface area (TPSA) is 98.5 Å². The van der Waals surface area contributed by atoms with Gasteiger partial charge >= 0.3 is 5.97 Å². The first-order valence-corrected chi connectivity index (χ1v) is 11.2. The highest BCUT2D eigenvalue weighted by Crippen LogP contribution is 2.36. The smallest absolute Gasteiger partial charge is 0.303 e. The molecule has 2 heterocycles. The number of ether oxygens (including phenoxy) is 1. The summed E-state index contributed by atoms with van der Waals surface area (Å²) < 4.78 is 5.59. The van der Waals surface area contributed by atoms with Gasteiger partial charge in [-0.1, -0.05) is 26.8 Å². The van der Waals surface area contributed by atoms with Crippen LogP contribution in [0, 0.1) is 17.2 Å². The van der Waals surface area contributed by atoms with Gasteiger partial charge in [0.15, 0.2) is 0 Å². The molecule has 0 aliphatic carbocycles. The molecule has 0 radical (unpaired) electrons. The Kier molecular flexibility index (Phi) is 8.07. The van der Waals surface area contributed by atoms with E-state index in [9.17, 15) is 9.90 Å². The lowest BCUT2D eigenvalue weighted by Gasteiger charge is -2.38. The maximum atomic E-state index is 11.3. The molecule has 1 aromatic carbocycles. The van der Waals surface area contributed by atoms with Crippen LogP contribution >= 0.6 is 0 Å². The number of rotatable bonds is 9. The molecule has 1 aliphatic rings. The maximum Gasteiger partial charge on any atom is 0.303 e. The Morgan fingerprint density at radius 1 is 1.28 bits per heavy atom. The Balaban J connectivity index is 2.00. The quantitative estimate of drug-likeness (QED) is 0.576. The normalized spacial score (nSPS) is 15.2. The SMILES string of the molecule is CC(C)CN(c1ccc(C(C)CC(=O)O)cc1Nc1ccc(C#N)cn1)C1CCOCC1. The third-order valence-corrected chi connectivity index (χ3v) is 5.73. The fraction of sp³-hybridized carbons (Fsp3) is 0.480. The number of hydrogen-bond donors (Lipinski definition) is 2. The van der Waals surface area contributed by atoms with Crippen LogP contribution in [0.1, 0.15) is 57.1 Å². The van der Waals surface area contributed by atoms with E-state index in [0.717, 1.165) is 49.5 Å². The fourth-order valence-corrected chi connectivity index (χ4v) is 4.10. The van der Waals surface area contributed by atoms with Crippen molar-refractivity contribution in [2.24, 2.45) is 5.92 Å². The van der Waals surface area contributed by atoms with Gasteiger partial charge in [0.1, 0.15) is 11.9 Å². The van der Waals surface area contributed by atoms with E-state index >= 15 is 0 Å². The van der Waals surface area contributed by atoms with Gasteiger partial charge < -0.3 is 20.1 Å². The van der Waals surface area contributed by atoms with Gasteiger partial charge in [0.05, 0.1) is 23.4 Å². The molecule has 1 aliphatic heterocycles. The number of nitrogens with zero attached hydrogens (tertiary/aromatic N) is 3. The van der Waals surface area contributed by atoms with E-state index < -0.39 is 5.97 Å². The van der Waals surface area contributed by atoms with Crippen LogP contribution in [0.2, 0.25) is 0 Å². The molecule has 1 saturated heterocycles. The molecule has 0 saturated carbocycles. The van der Waals surface area contributed by atoms with Gasteiger partial charge in [0.2, 0.25) is 0 Å². The van der Waals surface area contributed by atoms with Gasteiger partial charge in [0.25, 0.3) is 0 Å². The minimum absolute atomic E-state index is 0.0730. The lowest BCUT2D eigenvalue weighted by atomic mass is 9.95. The molecule has 1 aromatic heterocycles. The Morgan fingerprint density at radius 2 is 2.03 bits per heavy atom. The second-order valence-corrected chi connectivity index (χ2v) is 8.83. The largest absolute Gasteiger partial charge is 0.481 e. The Morgan fingerprint density at radius 3 is 2.62 bits per heavy atom. The van der Waals surface area contributed by atoms with Crippen LogP contribution in [0.25, 0.3) is 0 Å². The zero-order chi connectivity index (χ0) is 23.1. The summed E-state index contributed by atoms with van der Waals surface area (Å²) in [5, 5.41) is 21.7. The first kappa shape index (κ1) is 23.6. The van der Waals surface area contributed by atoms with Crippen LogP contribution in [0.4, 0.5) is 17.2 Å². The highest BCUT2D eigenvalue weighted by atomic mass is 16.5. The van der Waals surface area contributed by atoms with Crippen LogP contribution in [0.3, 0.4) is 0 Å². The summed E-state index contributed by atoms with van der Waals surface area (Å²) >= 11 is 0. The molecular weight excluding hydrogens is 404 g/mol. The van der Waals surface area contributed by atoms with Gasteiger partial charge in [-0.15, -0.1) is 0 Å². The average Bonchev–Trinajstić information content (AvgIpc) is 2.78. The van der Waals surface area contributed by atoms with Crippen molar-refractivity contribution in [3.05, 3.63) is 47.7 Å². The van der Waals surface area contributed by atoms with Crippen molar-refractivity contribution in [1.29, 1.82) is 5.26 Å². The van der Waals surface area contributed by atoms with Gasteiger partial charge in [-0.2, -0.15) is 5.26 Å². The predicted molar refractivity (Wildman–Crippen MR) is 125 cm³/mol. The van der Waals surface area contributed by atoms with Crippen LogP contribution in [0.15, 0.2) is 36.5 Å². The molecule has 0 spiro atoms. The number of carboxylic acid groups (broad SMARTS) is 1. The number of hydrogen-bond acceptors (Lipinski definition) is 6. The molecule has 2 N–H and O–H groups in total. The van der Waals surface area contributed by atoms with Crippen molar-refractivity contribution in [2.75, 3.05) is 30.0 Å². The first-order chi connectivity index (χ1) is 15.4. The molecular formula is C25H32N4O3. The number of benzene rings is 1. The third-order valence-electron chi connectivity index (χ3n) is 5.73. The molecule has 1 unspecified atom stereocenters. The van der Waals surface area contributed by atoms with Crippen molar-refractivity contribution in [1.82, 2.24) is 4.98 Å². The molecule has 32 heavy (non-hydrogen) atoms. The zero-order valence-electron chi connectivity index (χ0n) is 19.0. The minimum atomic E-state index is -0.812. The number of carboxylic acids is 1. The lowest BCUT2D eigenvalue weighted by molar-refractivity contribution is -0.137. The van der Waals surface area contributed by atoms with Gasteiger partial charge in [-0.25, -0.2) is 4.98 Å². The summed E-state index contributed by atoms with van der Waals surface area (Å²) in [6, 6.07) is 12.2. The van der Waals surface area contributed by atoms with E-state index in [0.29, 0.717) is 23.3 Å². The third kappa shape index (κ3) is 6.21. The number of nitrogens with one attached hydrogen (secondary N) is 1. The Bertz CT molecular complexity index is 947. The molecule has 1 atom stereocenters. The molecule has 7 heteroatoms. The van der Waals surface area contributed by atoms with E-state index in [1.165, 1.54) is 0 Å². The maximum absolute atomic E-state index is 11.3. The molecule has 1 fully saturated rings. The van der Waals surface area contributed by atoms with E-state index in [1.54, 1.807) is 18.3 Å². The van der Waals surface area contributed by atoms with E-state index in [1.807, 2.05) is 19.1 Å². The molecule has 0 amide bonds. The van der Waals surface area contributed by atoms with Crippen LogP contribution in [-0.4, -0.2) is 41.9 Å². The molecule has 170 valence electrons. The molecule has 7 nitrogen and oxygen atoms in total. The average molecular weight is 437 g/mol. The summed E-state index contributed by atoms with van der Waals surface area (Å²) in [5.41, 5.74) is 3.43. The molecule has 3 rings (SSSR count). The Labute approximate surface area is 190 Å². The Hall–Kier alpha value is -3.11. The van der Waals surface area contributed by atoms with Crippen LogP contribution < -0.4 is 10.2 Å². The summed E-state index contributed by atoms with van der Waals surface area (Å²) in [6.45, 7) is 8.77. The monoisotopic (exact) mass is 436 g/mol. The van der Waals surface area contributed by atoms with Crippen molar-refractivity contribution in [3.63, 3.8) is 0 Å². The number of carbonyl (C=O) groups is 1. The predicted octanol–water partition coefficient (Wildman–Crippen LogP) is 4.92.